The molecule has 3 N–H and O–H groups in total. The lowest BCUT2D eigenvalue weighted by molar-refractivity contribution is 0.0946. The summed E-state index contributed by atoms with van der Waals surface area (Å²) in [7, 11) is 0. The van der Waals surface area contributed by atoms with Crippen LogP contribution in [0.3, 0.4) is 0 Å². The van der Waals surface area contributed by atoms with Gasteiger partial charge in [-0.25, -0.2) is 4.98 Å². The van der Waals surface area contributed by atoms with Crippen molar-refractivity contribution in [1.29, 1.82) is 0 Å². The second-order valence-electron chi connectivity index (χ2n) is 3.51. The van der Waals surface area contributed by atoms with Gasteiger partial charge in [-0.1, -0.05) is 6.58 Å². The predicted molar refractivity (Wildman–Crippen MR) is 67.8 cm³/mol. The minimum absolute atomic E-state index is 0.137. The molecule has 0 radical (unpaired) electrons. The first kappa shape index (κ1) is 13.7. The third-order valence-electron chi connectivity index (χ3n) is 1.99. The Bertz CT molecular complexity index is 377. The van der Waals surface area contributed by atoms with Crippen LogP contribution in [0.2, 0.25) is 0 Å². The van der Waals surface area contributed by atoms with Crippen molar-refractivity contribution in [2.75, 3.05) is 13.2 Å². The second-order valence-corrected chi connectivity index (χ2v) is 4.40. The topological polar surface area (TPSA) is 77.2 Å². The van der Waals surface area contributed by atoms with Crippen molar-refractivity contribution >= 4 is 17.2 Å². The van der Waals surface area contributed by atoms with Crippen LogP contribution in [0.15, 0.2) is 18.2 Å². The zero-order chi connectivity index (χ0) is 12.7. The molecule has 1 heterocycles. The molecule has 0 bridgehead atoms. The van der Waals surface area contributed by atoms with Crippen LogP contribution in [0.4, 0.5) is 0 Å². The van der Waals surface area contributed by atoms with E-state index in [9.17, 15) is 4.79 Å². The molecule has 0 fully saturated rings. The summed E-state index contributed by atoms with van der Waals surface area (Å²) in [6, 6.07) is -0.137. The van der Waals surface area contributed by atoms with E-state index < -0.39 is 0 Å². The van der Waals surface area contributed by atoms with Gasteiger partial charge in [0.1, 0.15) is 10.7 Å². The third-order valence-corrected chi connectivity index (χ3v) is 3.03. The van der Waals surface area contributed by atoms with Gasteiger partial charge in [-0.05, 0) is 13.3 Å². The molecule has 0 saturated carbocycles. The summed E-state index contributed by atoms with van der Waals surface area (Å²) < 4.78 is 4.94. The van der Waals surface area contributed by atoms with Crippen molar-refractivity contribution in [2.45, 2.75) is 19.4 Å². The molecule has 5 nitrogen and oxygen atoms in total. The molecule has 17 heavy (non-hydrogen) atoms. The van der Waals surface area contributed by atoms with E-state index in [-0.39, 0.29) is 11.9 Å². The lowest BCUT2D eigenvalue weighted by Crippen LogP contribution is -2.25. The molecule has 6 heteroatoms. The zero-order valence-corrected chi connectivity index (χ0v) is 10.6. The van der Waals surface area contributed by atoms with Crippen LogP contribution in [0.25, 0.3) is 0 Å². The SMILES string of the molecule is C=COCCCNC(=O)c1csc(C(C)N)n1. The second kappa shape index (κ2) is 7.03. The Hall–Kier alpha value is -1.40. The van der Waals surface area contributed by atoms with Gasteiger partial charge in [0.25, 0.3) is 5.91 Å². The predicted octanol–water partition coefficient (Wildman–Crippen LogP) is 1.44. The highest BCUT2D eigenvalue weighted by atomic mass is 32.1. The van der Waals surface area contributed by atoms with Crippen LogP contribution >= 0.6 is 11.3 Å². The molecule has 0 spiro atoms. The number of carbonyl (C=O) groups is 1. The molecule has 1 aromatic rings. The number of nitrogens with zero attached hydrogens (tertiary/aromatic N) is 1. The number of carbonyl (C=O) groups excluding carboxylic acids is 1. The number of aromatic nitrogens is 1. The normalized spacial score (nSPS) is 11.9. The van der Waals surface area contributed by atoms with Crippen molar-refractivity contribution in [2.24, 2.45) is 5.73 Å². The van der Waals surface area contributed by atoms with Gasteiger partial charge in [-0.15, -0.1) is 11.3 Å². The molecule has 0 aromatic carbocycles. The van der Waals surface area contributed by atoms with Crippen LogP contribution in [-0.4, -0.2) is 24.0 Å². The molecule has 1 rings (SSSR count). The minimum Gasteiger partial charge on any atom is -0.502 e. The van der Waals surface area contributed by atoms with Gasteiger partial charge in [0.15, 0.2) is 0 Å². The van der Waals surface area contributed by atoms with E-state index in [1.54, 1.807) is 5.38 Å². The van der Waals surface area contributed by atoms with Crippen molar-refractivity contribution in [3.05, 3.63) is 28.9 Å². The molecular formula is C11H17N3O2S. The number of thiazole rings is 1. The van der Waals surface area contributed by atoms with Crippen LogP contribution in [0.5, 0.6) is 0 Å². The maximum atomic E-state index is 11.6. The highest BCUT2D eigenvalue weighted by Gasteiger charge is 2.11. The molecular weight excluding hydrogens is 238 g/mol. The van der Waals surface area contributed by atoms with Crippen molar-refractivity contribution in [1.82, 2.24) is 10.3 Å². The van der Waals surface area contributed by atoms with Crippen LogP contribution in [-0.2, 0) is 4.74 Å². The van der Waals surface area contributed by atoms with Crippen LogP contribution in [0.1, 0.15) is 34.9 Å². The zero-order valence-electron chi connectivity index (χ0n) is 9.81. The molecule has 94 valence electrons. The first-order valence-corrected chi connectivity index (χ1v) is 6.25. The number of nitrogens with two attached hydrogens (primary N) is 1. The molecule has 0 aliphatic carbocycles. The average molecular weight is 255 g/mol. The van der Waals surface area contributed by atoms with E-state index in [0.717, 1.165) is 11.4 Å². The van der Waals surface area contributed by atoms with Gasteiger partial charge in [0.2, 0.25) is 0 Å². The molecule has 0 aliphatic heterocycles. The molecule has 0 aliphatic rings. The molecule has 1 unspecified atom stereocenters. The molecule has 0 saturated heterocycles. The maximum Gasteiger partial charge on any atom is 0.270 e. The van der Waals surface area contributed by atoms with Gasteiger partial charge >= 0.3 is 0 Å². The smallest absolute Gasteiger partial charge is 0.270 e. The summed E-state index contributed by atoms with van der Waals surface area (Å²) in [5.74, 6) is -0.174. The van der Waals surface area contributed by atoms with Gasteiger partial charge in [-0.2, -0.15) is 0 Å². The van der Waals surface area contributed by atoms with E-state index in [1.165, 1.54) is 17.6 Å². The fraction of sp³-hybridized carbons (Fsp3) is 0.455. The fourth-order valence-corrected chi connectivity index (χ4v) is 1.89. The summed E-state index contributed by atoms with van der Waals surface area (Å²) >= 11 is 1.40. The van der Waals surface area contributed by atoms with Gasteiger partial charge < -0.3 is 15.8 Å². The average Bonchev–Trinajstić information content (AvgIpc) is 2.78. The Balaban J connectivity index is 2.33. The number of rotatable bonds is 7. The van der Waals surface area contributed by atoms with Crippen molar-refractivity contribution in [3.63, 3.8) is 0 Å². The summed E-state index contributed by atoms with van der Waals surface area (Å²) in [6.07, 6.45) is 2.12. The maximum absolute atomic E-state index is 11.6. The lowest BCUT2D eigenvalue weighted by Gasteiger charge is -2.03. The number of ether oxygens (including phenoxy) is 1. The van der Waals surface area contributed by atoms with Gasteiger partial charge in [0, 0.05) is 11.9 Å². The largest absolute Gasteiger partial charge is 0.502 e. The summed E-state index contributed by atoms with van der Waals surface area (Å²) in [4.78, 5) is 15.8. The Morgan fingerprint density at radius 2 is 2.59 bits per heavy atom. The number of amides is 1. The van der Waals surface area contributed by atoms with E-state index in [2.05, 4.69) is 16.9 Å². The minimum atomic E-state index is -0.174. The van der Waals surface area contributed by atoms with E-state index in [4.69, 9.17) is 10.5 Å². The Kier molecular flexibility index (Phi) is 5.65. The highest BCUT2D eigenvalue weighted by Crippen LogP contribution is 2.15. The summed E-state index contributed by atoms with van der Waals surface area (Å²) in [5, 5.41) is 5.25. The van der Waals surface area contributed by atoms with Gasteiger partial charge in [0.05, 0.1) is 18.9 Å². The molecule has 1 atom stereocenters. The van der Waals surface area contributed by atoms with Crippen molar-refractivity contribution in [3.8, 4) is 0 Å². The lowest BCUT2D eigenvalue weighted by atomic mass is 10.4. The first-order chi connectivity index (χ1) is 8.15. The monoisotopic (exact) mass is 255 g/mol. The van der Waals surface area contributed by atoms with Crippen LogP contribution < -0.4 is 11.1 Å². The number of hydrogen-bond donors (Lipinski definition) is 2. The Morgan fingerprint density at radius 1 is 1.82 bits per heavy atom. The van der Waals surface area contributed by atoms with Gasteiger partial charge in [-0.3, -0.25) is 4.79 Å². The molecule has 1 aromatic heterocycles. The van der Waals surface area contributed by atoms with E-state index in [0.29, 0.717) is 18.8 Å². The quantitative estimate of drug-likeness (QED) is 0.571. The first-order valence-electron chi connectivity index (χ1n) is 5.37. The Morgan fingerprint density at radius 3 is 3.18 bits per heavy atom. The standard InChI is InChI=1S/C11H17N3O2S/c1-3-16-6-4-5-13-10(15)9-7-17-11(14-9)8(2)12/h3,7-8H,1,4-6,12H2,2H3,(H,13,15). The fourth-order valence-electron chi connectivity index (χ4n) is 1.13. The third kappa shape index (κ3) is 4.54. The molecule has 1 amide bonds. The Labute approximate surface area is 105 Å². The highest BCUT2D eigenvalue weighted by molar-refractivity contribution is 7.09. The summed E-state index contributed by atoms with van der Waals surface area (Å²) in [6.45, 7) is 6.37. The number of hydrogen-bond acceptors (Lipinski definition) is 5. The number of nitrogens with one attached hydrogen (secondary N) is 1. The van der Waals surface area contributed by atoms with E-state index >= 15 is 0 Å². The van der Waals surface area contributed by atoms with Crippen LogP contribution in [0, 0.1) is 0 Å². The van der Waals surface area contributed by atoms with Crippen molar-refractivity contribution < 1.29 is 9.53 Å². The summed E-state index contributed by atoms with van der Waals surface area (Å²) in [5.41, 5.74) is 6.10. The van der Waals surface area contributed by atoms with E-state index in [1.807, 2.05) is 6.92 Å².